The fourth-order valence-electron chi connectivity index (χ4n) is 0.841. The van der Waals surface area contributed by atoms with Gasteiger partial charge in [0, 0.05) is 0 Å². The lowest BCUT2D eigenvalue weighted by molar-refractivity contribution is -0.141. The summed E-state index contributed by atoms with van der Waals surface area (Å²) in [5.74, 6) is -0.626. The zero-order chi connectivity index (χ0) is 12.1. The summed E-state index contributed by atoms with van der Waals surface area (Å²) < 4.78 is 25.4. The van der Waals surface area contributed by atoms with Crippen LogP contribution in [0.1, 0.15) is 6.92 Å². The number of carbonyl (C=O) groups excluding carboxylic acids is 1. The maximum absolute atomic E-state index is 11.2. The Morgan fingerprint density at radius 2 is 2.38 bits per heavy atom. The van der Waals surface area contributed by atoms with Gasteiger partial charge >= 0.3 is 5.97 Å². The average molecular weight is 266 g/mol. The summed E-state index contributed by atoms with van der Waals surface area (Å²) in [6, 6.07) is 0. The molecule has 0 aliphatic heterocycles. The van der Waals surface area contributed by atoms with Gasteiger partial charge in [0.05, 0.1) is 6.61 Å². The van der Waals surface area contributed by atoms with E-state index in [-0.39, 0.29) is 23.4 Å². The Morgan fingerprint density at radius 3 is 2.81 bits per heavy atom. The Labute approximate surface area is 97.8 Å². The molecule has 1 aromatic heterocycles. The molecule has 0 saturated heterocycles. The lowest BCUT2D eigenvalue weighted by Gasteiger charge is -2.14. The highest BCUT2D eigenvalue weighted by Crippen LogP contribution is 2.22. The number of aromatic nitrogens is 2. The Balaban J connectivity index is 2.76. The molecule has 10 heteroatoms. The molecule has 0 fully saturated rings. The van der Waals surface area contributed by atoms with Gasteiger partial charge in [-0.15, -0.1) is 10.2 Å². The van der Waals surface area contributed by atoms with Gasteiger partial charge in [0.1, 0.15) is 6.54 Å². The maximum atomic E-state index is 11.2. The molecule has 8 nitrogen and oxygen atoms in total. The highest BCUT2D eigenvalue weighted by atomic mass is 32.2. The largest absolute Gasteiger partial charge is 0.465 e. The quantitative estimate of drug-likeness (QED) is 0.551. The summed E-state index contributed by atoms with van der Waals surface area (Å²) in [6.07, 6.45) is 0. The van der Waals surface area contributed by atoms with Crippen LogP contribution in [0.25, 0.3) is 0 Å². The summed E-state index contributed by atoms with van der Waals surface area (Å²) >= 11 is -1.48. The van der Waals surface area contributed by atoms with Gasteiger partial charge in [0.15, 0.2) is 0 Å². The number of hydrogen-bond donors (Lipinski definition) is 2. The second kappa shape index (κ2) is 5.72. The van der Waals surface area contributed by atoms with Gasteiger partial charge in [0.2, 0.25) is 10.3 Å². The number of esters is 1. The first-order valence-corrected chi connectivity index (χ1v) is 6.05. The molecule has 0 bridgehead atoms. The third-order valence-corrected chi connectivity index (χ3v) is 2.98. The number of ether oxygens (including phenoxy) is 1. The van der Waals surface area contributed by atoms with Crippen LogP contribution in [0.5, 0.6) is 0 Å². The topological polar surface area (TPSA) is 119 Å². The van der Waals surface area contributed by atoms with Crippen molar-refractivity contribution in [2.45, 2.75) is 6.92 Å². The molecule has 0 spiro atoms. The molecule has 1 rings (SSSR count). The molecule has 1 atom stereocenters. The second-order valence-electron chi connectivity index (χ2n) is 2.50. The molecular weight excluding hydrogens is 256 g/mol. The number of nitrogens with two attached hydrogens (primary N) is 1. The lowest BCUT2D eigenvalue weighted by atomic mass is 10.6. The predicted octanol–water partition coefficient (Wildman–Crippen LogP) is -0.374. The molecule has 0 radical (unpaired) electrons. The van der Waals surface area contributed by atoms with Crippen LogP contribution in [0.2, 0.25) is 0 Å². The fourth-order valence-corrected chi connectivity index (χ4v) is 2.05. The van der Waals surface area contributed by atoms with Gasteiger partial charge in [-0.25, -0.2) is 8.51 Å². The van der Waals surface area contributed by atoms with Crippen molar-refractivity contribution >= 4 is 38.8 Å². The summed E-state index contributed by atoms with van der Waals surface area (Å²) in [5.41, 5.74) is 5.33. The van der Waals surface area contributed by atoms with Crippen molar-refractivity contribution in [3.63, 3.8) is 0 Å². The molecule has 0 amide bonds. The zero-order valence-electron chi connectivity index (χ0n) is 8.32. The molecule has 1 heterocycles. The first-order valence-electron chi connectivity index (χ1n) is 4.17. The summed E-state index contributed by atoms with van der Waals surface area (Å²) in [7, 11) is 0. The first-order chi connectivity index (χ1) is 7.54. The van der Waals surface area contributed by atoms with E-state index in [9.17, 15) is 9.00 Å². The minimum atomic E-state index is -2.38. The number of carbonyl (C=O) groups is 1. The van der Waals surface area contributed by atoms with Crippen molar-refractivity contribution in [1.29, 1.82) is 0 Å². The Morgan fingerprint density at radius 1 is 1.69 bits per heavy atom. The van der Waals surface area contributed by atoms with Gasteiger partial charge in [-0.3, -0.25) is 9.35 Å². The monoisotopic (exact) mass is 266 g/mol. The number of nitrogen functional groups attached to an aromatic ring is 1. The maximum Gasteiger partial charge on any atom is 0.326 e. The summed E-state index contributed by atoms with van der Waals surface area (Å²) in [6.45, 7) is 1.45. The number of rotatable bonds is 5. The molecule has 1 aromatic rings. The smallest absolute Gasteiger partial charge is 0.326 e. The van der Waals surface area contributed by atoms with Crippen molar-refractivity contribution in [3.05, 3.63) is 0 Å². The molecule has 90 valence electrons. The fraction of sp³-hybridized carbons (Fsp3) is 0.500. The van der Waals surface area contributed by atoms with Crippen LogP contribution < -0.4 is 10.0 Å². The van der Waals surface area contributed by atoms with Crippen molar-refractivity contribution in [3.8, 4) is 0 Å². The van der Waals surface area contributed by atoms with Crippen LogP contribution in [0.3, 0.4) is 0 Å². The van der Waals surface area contributed by atoms with Crippen LogP contribution in [-0.2, 0) is 20.8 Å². The number of nitrogens with zero attached hydrogens (tertiary/aromatic N) is 3. The van der Waals surface area contributed by atoms with E-state index in [4.69, 9.17) is 10.3 Å². The molecule has 3 N–H and O–H groups in total. The van der Waals surface area contributed by atoms with E-state index in [1.165, 1.54) is 0 Å². The molecular formula is C6H10N4O4S2. The van der Waals surface area contributed by atoms with Crippen LogP contribution in [-0.4, -0.2) is 38.1 Å². The minimum Gasteiger partial charge on any atom is -0.465 e. The molecule has 1 unspecified atom stereocenters. The van der Waals surface area contributed by atoms with Gasteiger partial charge in [-0.05, 0) is 6.92 Å². The van der Waals surface area contributed by atoms with E-state index in [1.807, 2.05) is 0 Å². The van der Waals surface area contributed by atoms with Gasteiger partial charge in [0.25, 0.3) is 11.3 Å². The van der Waals surface area contributed by atoms with Crippen molar-refractivity contribution in [2.24, 2.45) is 0 Å². The SMILES string of the molecule is CCOC(=O)CN(c1nnc(N)s1)S(=O)O. The molecule has 0 aliphatic rings. The Kier molecular flexibility index (Phi) is 4.58. The normalized spacial score (nSPS) is 12.1. The van der Waals surface area contributed by atoms with Gasteiger partial charge < -0.3 is 10.5 Å². The van der Waals surface area contributed by atoms with E-state index in [2.05, 4.69) is 14.9 Å². The van der Waals surface area contributed by atoms with Gasteiger partial charge in [-0.2, -0.15) is 0 Å². The van der Waals surface area contributed by atoms with Crippen LogP contribution >= 0.6 is 11.3 Å². The highest BCUT2D eigenvalue weighted by Gasteiger charge is 2.21. The third-order valence-electron chi connectivity index (χ3n) is 1.41. The van der Waals surface area contributed by atoms with Crippen LogP contribution in [0.4, 0.5) is 10.3 Å². The molecule has 0 aromatic carbocycles. The van der Waals surface area contributed by atoms with E-state index in [0.717, 1.165) is 15.6 Å². The zero-order valence-corrected chi connectivity index (χ0v) is 9.95. The third kappa shape index (κ3) is 3.40. The molecule has 0 aliphatic carbocycles. The lowest BCUT2D eigenvalue weighted by Crippen LogP contribution is -2.32. The van der Waals surface area contributed by atoms with E-state index >= 15 is 0 Å². The van der Waals surface area contributed by atoms with Crippen molar-refractivity contribution in [2.75, 3.05) is 23.2 Å². The van der Waals surface area contributed by atoms with E-state index in [1.54, 1.807) is 6.92 Å². The average Bonchev–Trinajstić information content (AvgIpc) is 2.61. The highest BCUT2D eigenvalue weighted by molar-refractivity contribution is 7.81. The first kappa shape index (κ1) is 12.8. The van der Waals surface area contributed by atoms with Gasteiger partial charge in [-0.1, -0.05) is 11.3 Å². The number of anilines is 2. The Bertz CT molecular complexity index is 396. The summed E-state index contributed by atoms with van der Waals surface area (Å²) in [4.78, 5) is 11.2. The van der Waals surface area contributed by atoms with Crippen molar-refractivity contribution < 1.29 is 18.3 Å². The van der Waals surface area contributed by atoms with E-state index in [0.29, 0.717) is 0 Å². The second-order valence-corrected chi connectivity index (χ2v) is 4.38. The van der Waals surface area contributed by atoms with Crippen LogP contribution in [0.15, 0.2) is 0 Å². The van der Waals surface area contributed by atoms with Crippen molar-refractivity contribution in [1.82, 2.24) is 10.2 Å². The predicted molar refractivity (Wildman–Crippen MR) is 59.1 cm³/mol. The van der Waals surface area contributed by atoms with Crippen LogP contribution in [0, 0.1) is 0 Å². The number of hydrogen-bond acceptors (Lipinski definition) is 7. The standard InChI is InChI=1S/C6H10N4O4S2/c1-2-14-4(11)3-10(16(12)13)6-9-8-5(7)15-6/h2-3H2,1H3,(H2,7,8)(H,12,13). The van der Waals surface area contributed by atoms with E-state index < -0.39 is 17.2 Å². The molecule has 0 saturated carbocycles. The minimum absolute atomic E-state index is 0.0892. The molecule has 16 heavy (non-hydrogen) atoms. The summed E-state index contributed by atoms with van der Waals surface area (Å²) in [5, 5.41) is 7.28. The Hall–Kier alpha value is -1.26.